The molecule has 4 rings (SSSR count). The number of nitriles is 1. The molecule has 0 radical (unpaired) electrons. The van der Waals surface area contributed by atoms with Crippen molar-refractivity contribution < 1.29 is 19.7 Å². The van der Waals surface area contributed by atoms with Gasteiger partial charge in [0.2, 0.25) is 5.28 Å². The Hall–Kier alpha value is -3.30. The number of likely N-dealkylation sites (N-methyl/N-ethyl adjacent to an activating group) is 1. The zero-order valence-corrected chi connectivity index (χ0v) is 17.0. The largest absolute Gasteiger partial charge is 0.387 e. The average Bonchev–Trinajstić information content (AvgIpc) is 3.32. The molecule has 1 saturated heterocycles. The number of benzene rings is 1. The van der Waals surface area contributed by atoms with Crippen LogP contribution in [0.4, 0.5) is 5.82 Å². The lowest BCUT2D eigenvalue weighted by atomic mass is 10.1. The summed E-state index contributed by atoms with van der Waals surface area (Å²) in [5, 5.41) is 35.1. The fourth-order valence-electron chi connectivity index (χ4n) is 3.38. The van der Waals surface area contributed by atoms with Crippen LogP contribution in [0.3, 0.4) is 0 Å². The van der Waals surface area contributed by atoms with Crippen molar-refractivity contribution in [1.29, 1.82) is 5.26 Å². The molecular formula is C19H18ClN7O4. The SMILES string of the molecule is CNC(=O)[C@H]1O[C@@H](n2cnc3c(NCc4cccc(C#N)c4)nc(Cl)nc32)[C@H](O)[C@@H]1O. The molecule has 3 heterocycles. The van der Waals surface area contributed by atoms with Gasteiger partial charge in [0.1, 0.15) is 12.2 Å². The van der Waals surface area contributed by atoms with E-state index in [1.807, 2.05) is 6.07 Å². The molecule has 0 aliphatic carbocycles. The molecule has 4 N–H and O–H groups in total. The van der Waals surface area contributed by atoms with Crippen molar-refractivity contribution in [3.8, 4) is 6.07 Å². The number of anilines is 1. The van der Waals surface area contributed by atoms with Crippen molar-refractivity contribution in [2.75, 3.05) is 12.4 Å². The number of halogens is 1. The number of imidazole rings is 1. The van der Waals surface area contributed by atoms with Crippen LogP contribution < -0.4 is 10.6 Å². The lowest BCUT2D eigenvalue weighted by Crippen LogP contribution is -2.41. The third-order valence-corrected chi connectivity index (χ3v) is 5.10. The highest BCUT2D eigenvalue weighted by Gasteiger charge is 2.47. The summed E-state index contributed by atoms with van der Waals surface area (Å²) < 4.78 is 6.97. The molecule has 0 bridgehead atoms. The maximum absolute atomic E-state index is 11.9. The van der Waals surface area contributed by atoms with Gasteiger partial charge in [0.05, 0.1) is 18.0 Å². The lowest BCUT2D eigenvalue weighted by Gasteiger charge is -2.16. The van der Waals surface area contributed by atoms with Crippen LogP contribution in [0.25, 0.3) is 11.2 Å². The second-order valence-corrected chi connectivity index (χ2v) is 7.21. The van der Waals surface area contributed by atoms with E-state index in [2.05, 4.69) is 31.7 Å². The predicted molar refractivity (Wildman–Crippen MR) is 109 cm³/mol. The summed E-state index contributed by atoms with van der Waals surface area (Å²) in [7, 11) is 1.40. The minimum Gasteiger partial charge on any atom is -0.387 e. The number of amides is 1. The molecule has 1 amide bonds. The first-order chi connectivity index (χ1) is 14.9. The summed E-state index contributed by atoms with van der Waals surface area (Å²) in [5.41, 5.74) is 2.00. The van der Waals surface area contributed by atoms with Gasteiger partial charge in [0.15, 0.2) is 29.3 Å². The molecule has 11 nitrogen and oxygen atoms in total. The first-order valence-corrected chi connectivity index (χ1v) is 9.67. The van der Waals surface area contributed by atoms with Gasteiger partial charge in [-0.05, 0) is 29.3 Å². The number of carbonyl (C=O) groups is 1. The Bertz CT molecular complexity index is 1180. The van der Waals surface area contributed by atoms with Crippen LogP contribution in [0.15, 0.2) is 30.6 Å². The van der Waals surface area contributed by atoms with Crippen molar-refractivity contribution >= 4 is 34.5 Å². The second-order valence-electron chi connectivity index (χ2n) is 6.87. The third-order valence-electron chi connectivity index (χ3n) is 4.93. The number of carbonyl (C=O) groups excluding carboxylic acids is 1. The molecule has 1 aliphatic rings. The van der Waals surface area contributed by atoms with E-state index in [0.717, 1.165) is 5.56 Å². The van der Waals surface area contributed by atoms with Gasteiger partial charge in [-0.2, -0.15) is 15.2 Å². The number of aliphatic hydroxyl groups is 2. The van der Waals surface area contributed by atoms with Crippen molar-refractivity contribution in [2.45, 2.75) is 31.1 Å². The Morgan fingerprint density at radius 1 is 1.35 bits per heavy atom. The number of aromatic nitrogens is 4. The Kier molecular flexibility index (Phi) is 5.71. The van der Waals surface area contributed by atoms with Crippen molar-refractivity contribution in [2.24, 2.45) is 0 Å². The zero-order chi connectivity index (χ0) is 22.1. The second kappa shape index (κ2) is 8.44. The summed E-state index contributed by atoms with van der Waals surface area (Å²) in [4.78, 5) is 24.6. The molecule has 160 valence electrons. The fourth-order valence-corrected chi connectivity index (χ4v) is 3.55. The van der Waals surface area contributed by atoms with Crippen LogP contribution in [-0.4, -0.2) is 61.0 Å². The lowest BCUT2D eigenvalue weighted by molar-refractivity contribution is -0.137. The Morgan fingerprint density at radius 3 is 2.90 bits per heavy atom. The quantitative estimate of drug-likeness (QED) is 0.407. The summed E-state index contributed by atoms with van der Waals surface area (Å²) in [6.45, 7) is 0.352. The normalized spacial score (nSPS) is 22.9. The number of hydrogen-bond donors (Lipinski definition) is 4. The average molecular weight is 444 g/mol. The predicted octanol–water partition coefficient (Wildman–Crippen LogP) is 0.329. The smallest absolute Gasteiger partial charge is 0.251 e. The van der Waals surface area contributed by atoms with Crippen LogP contribution >= 0.6 is 11.6 Å². The van der Waals surface area contributed by atoms with Crippen LogP contribution in [0, 0.1) is 11.3 Å². The molecule has 0 saturated carbocycles. The topological polar surface area (TPSA) is 158 Å². The minimum atomic E-state index is -1.43. The van der Waals surface area contributed by atoms with E-state index in [9.17, 15) is 15.0 Å². The van der Waals surface area contributed by atoms with Crippen LogP contribution in [-0.2, 0) is 16.1 Å². The first kappa shape index (κ1) is 21.0. The number of ether oxygens (including phenoxy) is 1. The highest BCUT2D eigenvalue weighted by atomic mass is 35.5. The zero-order valence-electron chi connectivity index (χ0n) is 16.2. The molecule has 31 heavy (non-hydrogen) atoms. The van der Waals surface area contributed by atoms with Crippen LogP contribution in [0.2, 0.25) is 5.28 Å². The molecule has 4 atom stereocenters. The van der Waals surface area contributed by atoms with Gasteiger partial charge in [-0.1, -0.05) is 12.1 Å². The Labute approximate surface area is 181 Å². The van der Waals surface area contributed by atoms with Gasteiger partial charge < -0.3 is 25.6 Å². The number of hydrogen-bond acceptors (Lipinski definition) is 9. The van der Waals surface area contributed by atoms with Gasteiger partial charge in [0.25, 0.3) is 5.91 Å². The highest BCUT2D eigenvalue weighted by molar-refractivity contribution is 6.28. The van der Waals surface area contributed by atoms with Crippen molar-refractivity contribution in [3.05, 3.63) is 47.0 Å². The standard InChI is InChI=1S/C19H18ClN7O4/c1-22-17(30)14-12(28)13(29)18(31-14)27-8-24-11-15(25-19(20)26-16(11)27)23-7-10-4-2-3-9(5-10)6-21/h2-5,8,12-14,18,28-29H,7H2,1H3,(H,22,30)(H,23,25,26)/t12-,13+,14-,18+/m0/s1. The molecular weight excluding hydrogens is 426 g/mol. The van der Waals surface area contributed by atoms with Gasteiger partial charge in [0, 0.05) is 13.6 Å². The van der Waals surface area contributed by atoms with Gasteiger partial charge >= 0.3 is 0 Å². The summed E-state index contributed by atoms with van der Waals surface area (Å²) >= 11 is 6.09. The van der Waals surface area contributed by atoms with Gasteiger partial charge in [-0.3, -0.25) is 9.36 Å². The van der Waals surface area contributed by atoms with Crippen LogP contribution in [0.5, 0.6) is 0 Å². The van der Waals surface area contributed by atoms with E-state index < -0.39 is 30.4 Å². The molecule has 2 aromatic heterocycles. The molecule has 12 heteroatoms. The van der Waals surface area contributed by atoms with E-state index in [0.29, 0.717) is 23.4 Å². The van der Waals surface area contributed by atoms with Gasteiger partial charge in [-0.25, -0.2) is 4.98 Å². The number of nitrogens with one attached hydrogen (secondary N) is 2. The minimum absolute atomic E-state index is 0.0709. The highest BCUT2D eigenvalue weighted by Crippen LogP contribution is 2.33. The maximum Gasteiger partial charge on any atom is 0.251 e. The van der Waals surface area contributed by atoms with E-state index in [-0.39, 0.29) is 10.9 Å². The molecule has 1 aromatic carbocycles. The van der Waals surface area contributed by atoms with E-state index >= 15 is 0 Å². The molecule has 0 unspecified atom stereocenters. The van der Waals surface area contributed by atoms with E-state index in [1.54, 1.807) is 18.2 Å². The Balaban J connectivity index is 1.64. The van der Waals surface area contributed by atoms with Crippen molar-refractivity contribution in [1.82, 2.24) is 24.8 Å². The number of nitrogens with zero attached hydrogens (tertiary/aromatic N) is 5. The molecule has 1 fully saturated rings. The Morgan fingerprint density at radius 2 is 2.16 bits per heavy atom. The van der Waals surface area contributed by atoms with Crippen LogP contribution in [0.1, 0.15) is 17.4 Å². The number of rotatable bonds is 5. The maximum atomic E-state index is 11.9. The summed E-state index contributed by atoms with van der Waals surface area (Å²) in [5.74, 6) is -0.222. The number of aliphatic hydroxyl groups excluding tert-OH is 2. The molecule has 1 aliphatic heterocycles. The van der Waals surface area contributed by atoms with Crippen molar-refractivity contribution in [3.63, 3.8) is 0 Å². The number of fused-ring (bicyclic) bond motifs is 1. The third kappa shape index (κ3) is 3.89. The van der Waals surface area contributed by atoms with E-state index in [1.165, 1.54) is 17.9 Å². The van der Waals surface area contributed by atoms with Gasteiger partial charge in [-0.15, -0.1) is 0 Å². The summed E-state index contributed by atoms with van der Waals surface area (Å²) in [6, 6.07) is 9.17. The fraction of sp³-hybridized carbons (Fsp3) is 0.316. The first-order valence-electron chi connectivity index (χ1n) is 9.29. The van der Waals surface area contributed by atoms with E-state index in [4.69, 9.17) is 21.6 Å². The molecule has 0 spiro atoms. The monoisotopic (exact) mass is 443 g/mol. The summed E-state index contributed by atoms with van der Waals surface area (Å²) in [6.07, 6.45) is -3.80. The molecule has 3 aromatic rings.